The largest absolute Gasteiger partial charge is 0.416 e. The molecule has 2 aliphatic carbocycles. The molecule has 0 atom stereocenters. The van der Waals surface area contributed by atoms with E-state index >= 15 is 0 Å². The van der Waals surface area contributed by atoms with Crippen molar-refractivity contribution in [3.63, 3.8) is 0 Å². The van der Waals surface area contributed by atoms with Crippen LogP contribution in [0.25, 0.3) is 0 Å². The lowest BCUT2D eigenvalue weighted by atomic mass is 9.91. The number of rotatable bonds is 0. The van der Waals surface area contributed by atoms with E-state index in [1.807, 2.05) is 0 Å². The Morgan fingerprint density at radius 3 is 2.36 bits per heavy atom. The average molecular weight is 202 g/mol. The minimum atomic E-state index is -4.14. The van der Waals surface area contributed by atoms with E-state index in [0.717, 1.165) is 24.8 Å². The first-order valence-electron chi connectivity index (χ1n) is 4.98. The van der Waals surface area contributed by atoms with Crippen LogP contribution in [0.4, 0.5) is 13.2 Å². The van der Waals surface area contributed by atoms with Crippen molar-refractivity contribution in [2.24, 2.45) is 0 Å². The first-order chi connectivity index (χ1) is 6.50. The zero-order valence-electron chi connectivity index (χ0n) is 8.17. The predicted octanol–water partition coefficient (Wildman–Crippen LogP) is 4.14. The zero-order chi connectivity index (χ0) is 10.3. The fourth-order valence-electron chi connectivity index (χ4n) is 2.54. The second kappa shape index (κ2) is 3.14. The van der Waals surface area contributed by atoms with Crippen molar-refractivity contribution in [3.05, 3.63) is 22.3 Å². The van der Waals surface area contributed by atoms with Gasteiger partial charge in [0.2, 0.25) is 0 Å². The van der Waals surface area contributed by atoms with E-state index in [1.165, 1.54) is 0 Å². The van der Waals surface area contributed by atoms with Crippen LogP contribution in [-0.4, -0.2) is 6.18 Å². The van der Waals surface area contributed by atoms with Crippen molar-refractivity contribution < 1.29 is 13.2 Å². The predicted molar refractivity (Wildman–Crippen MR) is 48.9 cm³/mol. The Bertz CT molecular complexity index is 318. The maximum absolute atomic E-state index is 12.7. The molecule has 2 rings (SSSR count). The van der Waals surface area contributed by atoms with Gasteiger partial charge in [0.05, 0.1) is 5.57 Å². The van der Waals surface area contributed by atoms with E-state index in [-0.39, 0.29) is 5.57 Å². The summed E-state index contributed by atoms with van der Waals surface area (Å²) in [7, 11) is 0. The quantitative estimate of drug-likeness (QED) is 0.553. The summed E-state index contributed by atoms with van der Waals surface area (Å²) in [5.74, 6) is 0. The lowest BCUT2D eigenvalue weighted by molar-refractivity contribution is -0.0901. The second-order valence-corrected chi connectivity index (χ2v) is 4.12. The summed E-state index contributed by atoms with van der Waals surface area (Å²) in [6.45, 7) is 1.61. The molecule has 0 aromatic carbocycles. The number of hydrogen-bond acceptors (Lipinski definition) is 0. The molecule has 0 unspecified atom stereocenters. The molecule has 0 spiro atoms. The molecule has 0 nitrogen and oxygen atoms in total. The maximum Gasteiger partial charge on any atom is 0.416 e. The molecule has 0 bridgehead atoms. The Balaban J connectivity index is 2.38. The fraction of sp³-hybridized carbons (Fsp3) is 0.636. The molecule has 14 heavy (non-hydrogen) atoms. The third kappa shape index (κ3) is 1.49. The maximum atomic E-state index is 12.7. The molecule has 0 aromatic rings. The molecule has 0 amide bonds. The second-order valence-electron chi connectivity index (χ2n) is 4.12. The van der Waals surface area contributed by atoms with Crippen LogP contribution in [-0.2, 0) is 0 Å². The molecule has 0 saturated heterocycles. The highest BCUT2D eigenvalue weighted by Gasteiger charge is 2.41. The van der Waals surface area contributed by atoms with E-state index in [4.69, 9.17) is 0 Å². The van der Waals surface area contributed by atoms with Crippen LogP contribution >= 0.6 is 0 Å². The topological polar surface area (TPSA) is 0 Å². The Labute approximate surface area is 81.5 Å². The van der Waals surface area contributed by atoms with Crippen LogP contribution in [0.5, 0.6) is 0 Å². The Kier molecular flexibility index (Phi) is 2.20. The Morgan fingerprint density at radius 2 is 1.71 bits per heavy atom. The van der Waals surface area contributed by atoms with Crippen LogP contribution in [0.15, 0.2) is 22.3 Å². The Morgan fingerprint density at radius 1 is 1.07 bits per heavy atom. The van der Waals surface area contributed by atoms with Crippen molar-refractivity contribution in [1.82, 2.24) is 0 Å². The van der Waals surface area contributed by atoms with E-state index in [1.54, 1.807) is 6.92 Å². The number of halogens is 3. The van der Waals surface area contributed by atoms with E-state index in [0.29, 0.717) is 24.0 Å². The normalized spacial score (nSPS) is 23.1. The summed E-state index contributed by atoms with van der Waals surface area (Å²) in [5.41, 5.74) is 1.86. The summed E-state index contributed by atoms with van der Waals surface area (Å²) in [6, 6.07) is 0. The van der Waals surface area contributed by atoms with Gasteiger partial charge in [0.25, 0.3) is 0 Å². The lowest BCUT2D eigenvalue weighted by Gasteiger charge is -2.18. The van der Waals surface area contributed by atoms with Gasteiger partial charge in [-0.25, -0.2) is 0 Å². The van der Waals surface area contributed by atoms with Gasteiger partial charge in [0.1, 0.15) is 0 Å². The third-order valence-corrected chi connectivity index (χ3v) is 3.07. The minimum absolute atomic E-state index is 0.313. The van der Waals surface area contributed by atoms with Gasteiger partial charge in [0, 0.05) is 0 Å². The van der Waals surface area contributed by atoms with Gasteiger partial charge < -0.3 is 0 Å². The molecule has 2 aliphatic rings. The highest BCUT2D eigenvalue weighted by molar-refractivity contribution is 5.50. The van der Waals surface area contributed by atoms with Crippen LogP contribution in [0, 0.1) is 0 Å². The average Bonchev–Trinajstić information content (AvgIpc) is 2.38. The fourth-order valence-corrected chi connectivity index (χ4v) is 2.54. The molecular weight excluding hydrogens is 189 g/mol. The molecular formula is C11H13F3. The molecule has 0 aromatic heterocycles. The van der Waals surface area contributed by atoms with Gasteiger partial charge in [-0.2, -0.15) is 13.2 Å². The van der Waals surface area contributed by atoms with Gasteiger partial charge in [0.15, 0.2) is 0 Å². The molecule has 78 valence electrons. The van der Waals surface area contributed by atoms with E-state index < -0.39 is 6.18 Å². The van der Waals surface area contributed by atoms with Crippen LogP contribution in [0.2, 0.25) is 0 Å². The number of hydrogen-bond donors (Lipinski definition) is 0. The van der Waals surface area contributed by atoms with Crippen molar-refractivity contribution in [3.8, 4) is 0 Å². The molecule has 0 aliphatic heterocycles. The van der Waals surface area contributed by atoms with Gasteiger partial charge in [-0.1, -0.05) is 11.1 Å². The standard InChI is InChI=1S/C11H13F3/c1-7-6-8-4-2-3-5-9(8)10(7)11(12,13)14/h2-6H2,1H3. The van der Waals surface area contributed by atoms with Crippen LogP contribution < -0.4 is 0 Å². The molecule has 0 fully saturated rings. The van der Waals surface area contributed by atoms with Crippen molar-refractivity contribution in [1.29, 1.82) is 0 Å². The highest BCUT2D eigenvalue weighted by Crippen LogP contribution is 2.47. The highest BCUT2D eigenvalue weighted by atomic mass is 19.4. The molecule has 0 heterocycles. The molecule has 3 heteroatoms. The SMILES string of the molecule is CC1=C(C(F)(F)F)C2=C(CCCC2)C1. The van der Waals surface area contributed by atoms with E-state index in [2.05, 4.69) is 0 Å². The lowest BCUT2D eigenvalue weighted by Crippen LogP contribution is -2.14. The van der Waals surface area contributed by atoms with Crippen LogP contribution in [0.1, 0.15) is 39.0 Å². The molecule has 0 radical (unpaired) electrons. The summed E-state index contributed by atoms with van der Waals surface area (Å²) in [6.07, 6.45) is -0.126. The monoisotopic (exact) mass is 202 g/mol. The van der Waals surface area contributed by atoms with Gasteiger partial charge in [-0.3, -0.25) is 0 Å². The summed E-state index contributed by atoms with van der Waals surface area (Å²) in [4.78, 5) is 0. The van der Waals surface area contributed by atoms with Crippen LogP contribution in [0.3, 0.4) is 0 Å². The van der Waals surface area contributed by atoms with E-state index in [9.17, 15) is 13.2 Å². The molecule has 0 saturated carbocycles. The Hall–Kier alpha value is -0.730. The number of allylic oxidation sites excluding steroid dienone is 4. The summed E-state index contributed by atoms with van der Waals surface area (Å²) >= 11 is 0. The first kappa shape index (κ1) is 9.81. The third-order valence-electron chi connectivity index (χ3n) is 3.07. The van der Waals surface area contributed by atoms with Gasteiger partial charge in [-0.05, 0) is 44.6 Å². The van der Waals surface area contributed by atoms with Crippen molar-refractivity contribution in [2.45, 2.75) is 45.2 Å². The first-order valence-corrected chi connectivity index (χ1v) is 4.98. The zero-order valence-corrected chi connectivity index (χ0v) is 8.17. The van der Waals surface area contributed by atoms with Crippen molar-refractivity contribution in [2.75, 3.05) is 0 Å². The minimum Gasteiger partial charge on any atom is -0.166 e. The van der Waals surface area contributed by atoms with Crippen molar-refractivity contribution >= 4 is 0 Å². The summed E-state index contributed by atoms with van der Waals surface area (Å²) in [5, 5.41) is 0. The number of alkyl halides is 3. The van der Waals surface area contributed by atoms with Gasteiger partial charge >= 0.3 is 6.18 Å². The van der Waals surface area contributed by atoms with Gasteiger partial charge in [-0.15, -0.1) is 0 Å². The summed E-state index contributed by atoms with van der Waals surface area (Å²) < 4.78 is 38.1. The smallest absolute Gasteiger partial charge is 0.166 e. The molecule has 0 N–H and O–H groups in total.